The van der Waals surface area contributed by atoms with Crippen molar-refractivity contribution in [2.45, 2.75) is 39.7 Å². The lowest BCUT2D eigenvalue weighted by Crippen LogP contribution is -2.43. The van der Waals surface area contributed by atoms with E-state index in [9.17, 15) is 0 Å². The number of hydrogen-bond donors (Lipinski definition) is 1. The summed E-state index contributed by atoms with van der Waals surface area (Å²) in [6, 6.07) is 9.24. The van der Waals surface area contributed by atoms with Crippen LogP contribution in [-0.4, -0.2) is 11.1 Å². The summed E-state index contributed by atoms with van der Waals surface area (Å²) in [5, 5.41) is 5.22. The zero-order chi connectivity index (χ0) is 16.9. The number of rotatable bonds is 3. The van der Waals surface area contributed by atoms with Crippen LogP contribution in [-0.2, 0) is 6.42 Å². The lowest BCUT2D eigenvalue weighted by Gasteiger charge is -2.43. The van der Waals surface area contributed by atoms with Gasteiger partial charge in [-0.05, 0) is 43.5 Å². The van der Waals surface area contributed by atoms with Crippen LogP contribution in [0.25, 0.3) is 16.6 Å². The molecule has 0 saturated carbocycles. The van der Waals surface area contributed by atoms with Crippen molar-refractivity contribution in [3.8, 4) is 0 Å². The molecule has 1 N–H and O–H groups in total. The summed E-state index contributed by atoms with van der Waals surface area (Å²) in [5.74, 6) is 0. The fourth-order valence-corrected chi connectivity index (χ4v) is 4.45. The molecule has 0 bridgehead atoms. The van der Waals surface area contributed by atoms with Crippen LogP contribution < -0.4 is 5.32 Å². The summed E-state index contributed by atoms with van der Waals surface area (Å²) in [6.45, 7) is 11.8. The van der Waals surface area contributed by atoms with Gasteiger partial charge in [0.2, 0.25) is 0 Å². The van der Waals surface area contributed by atoms with Crippen molar-refractivity contribution in [1.29, 1.82) is 0 Å². The van der Waals surface area contributed by atoms with E-state index in [1.165, 1.54) is 33.4 Å². The third-order valence-electron chi connectivity index (χ3n) is 5.92. The van der Waals surface area contributed by atoms with Crippen LogP contribution in [0, 0.1) is 5.41 Å². The molecule has 124 valence electrons. The highest BCUT2D eigenvalue weighted by Crippen LogP contribution is 2.50. The second kappa shape index (κ2) is 5.49. The molecule has 4 rings (SSSR count). The van der Waals surface area contributed by atoms with Gasteiger partial charge in [0.1, 0.15) is 0 Å². The zero-order valence-electron chi connectivity index (χ0n) is 14.9. The van der Waals surface area contributed by atoms with E-state index in [1.807, 2.05) is 6.08 Å². The number of benzene rings is 1. The SMILES string of the molecule is C=C/C=C(\C)C1=C[C@@](C)(CC)[C@@H]2NCCc3c2n1c1ccccc31. The first-order chi connectivity index (χ1) is 11.6. The van der Waals surface area contributed by atoms with Gasteiger partial charge in [-0.25, -0.2) is 0 Å². The number of nitrogens with one attached hydrogen (secondary N) is 1. The number of fused-ring (bicyclic) bond motifs is 3. The zero-order valence-corrected chi connectivity index (χ0v) is 14.9. The van der Waals surface area contributed by atoms with E-state index in [2.05, 4.69) is 73.7 Å². The van der Waals surface area contributed by atoms with Gasteiger partial charge in [-0.3, -0.25) is 0 Å². The standard InChI is InChI=1S/C22H26N2/c1-5-9-15(3)19-14-22(4,6-2)21-20-17(12-13-23-21)16-10-7-8-11-18(16)24(19)20/h5,7-11,14,21,23H,1,6,12-13H2,2-4H3/b15-9+/t21-,22-/m1/s1. The molecule has 0 amide bonds. The molecule has 2 aromatic rings. The second-order valence-electron chi connectivity index (χ2n) is 7.33. The topological polar surface area (TPSA) is 17.0 Å². The van der Waals surface area contributed by atoms with E-state index in [1.54, 1.807) is 0 Å². The molecule has 0 radical (unpaired) electrons. The van der Waals surface area contributed by atoms with Crippen LogP contribution in [0.1, 0.15) is 44.5 Å². The second-order valence-corrected chi connectivity index (χ2v) is 7.33. The molecule has 2 heteroatoms. The Bertz CT molecular complexity index is 881. The molecule has 0 fully saturated rings. The Morgan fingerprint density at radius 2 is 2.21 bits per heavy atom. The fraction of sp³-hybridized carbons (Fsp3) is 0.364. The lowest BCUT2D eigenvalue weighted by atomic mass is 9.73. The predicted molar refractivity (Wildman–Crippen MR) is 103 cm³/mol. The molecule has 0 aliphatic carbocycles. The van der Waals surface area contributed by atoms with Crippen molar-refractivity contribution in [3.63, 3.8) is 0 Å². The highest BCUT2D eigenvalue weighted by atomic mass is 15.1. The number of para-hydroxylation sites is 1. The Balaban J connectivity index is 2.11. The maximum absolute atomic E-state index is 3.89. The lowest BCUT2D eigenvalue weighted by molar-refractivity contribution is 0.253. The van der Waals surface area contributed by atoms with Crippen LogP contribution in [0.4, 0.5) is 0 Å². The van der Waals surface area contributed by atoms with Crippen LogP contribution in [0.5, 0.6) is 0 Å². The molecule has 0 spiro atoms. The molecule has 1 aromatic carbocycles. The molecular formula is C22H26N2. The molecule has 0 unspecified atom stereocenters. The average Bonchev–Trinajstić information content (AvgIpc) is 2.94. The summed E-state index contributed by atoms with van der Waals surface area (Å²) < 4.78 is 2.49. The minimum atomic E-state index is 0.130. The van der Waals surface area contributed by atoms with Crippen molar-refractivity contribution < 1.29 is 0 Å². The highest BCUT2D eigenvalue weighted by Gasteiger charge is 2.42. The normalized spacial score (nSPS) is 26.2. The number of hydrogen-bond acceptors (Lipinski definition) is 1. The van der Waals surface area contributed by atoms with E-state index in [0.717, 1.165) is 19.4 Å². The third-order valence-corrected chi connectivity index (χ3v) is 5.92. The van der Waals surface area contributed by atoms with Crippen LogP contribution in [0.2, 0.25) is 0 Å². The Labute approximate surface area is 144 Å². The smallest absolute Gasteiger partial charge is 0.0572 e. The minimum Gasteiger partial charge on any atom is -0.312 e. The van der Waals surface area contributed by atoms with Gasteiger partial charge in [-0.15, -0.1) is 0 Å². The van der Waals surface area contributed by atoms with E-state index in [4.69, 9.17) is 0 Å². The first kappa shape index (κ1) is 15.5. The maximum Gasteiger partial charge on any atom is 0.0572 e. The third kappa shape index (κ3) is 1.99. The summed E-state index contributed by atoms with van der Waals surface area (Å²) in [7, 11) is 0. The summed E-state index contributed by atoms with van der Waals surface area (Å²) in [4.78, 5) is 0. The largest absolute Gasteiger partial charge is 0.312 e. The summed E-state index contributed by atoms with van der Waals surface area (Å²) in [5.41, 5.74) is 7.06. The highest BCUT2D eigenvalue weighted by molar-refractivity contribution is 5.91. The maximum atomic E-state index is 3.89. The molecule has 1 aromatic heterocycles. The first-order valence-corrected chi connectivity index (χ1v) is 8.99. The van der Waals surface area contributed by atoms with Gasteiger partial charge in [-0.1, -0.05) is 56.9 Å². The number of nitrogens with zero attached hydrogens (tertiary/aromatic N) is 1. The summed E-state index contributed by atoms with van der Waals surface area (Å²) >= 11 is 0. The van der Waals surface area contributed by atoms with Crippen molar-refractivity contribution in [2.24, 2.45) is 5.41 Å². The van der Waals surface area contributed by atoms with Crippen molar-refractivity contribution in [1.82, 2.24) is 9.88 Å². The molecule has 2 atom stereocenters. The van der Waals surface area contributed by atoms with Crippen molar-refractivity contribution in [3.05, 3.63) is 65.9 Å². The van der Waals surface area contributed by atoms with Gasteiger partial charge in [0.15, 0.2) is 0 Å². The van der Waals surface area contributed by atoms with Crippen molar-refractivity contribution >= 4 is 16.6 Å². The van der Waals surface area contributed by atoms with E-state index in [-0.39, 0.29) is 5.41 Å². The molecule has 2 aliphatic rings. The number of aromatic nitrogens is 1. The van der Waals surface area contributed by atoms with Gasteiger partial charge in [0.05, 0.1) is 11.6 Å². The average molecular weight is 318 g/mol. The molecule has 0 saturated heterocycles. The fourth-order valence-electron chi connectivity index (χ4n) is 4.45. The van der Waals surface area contributed by atoms with Crippen LogP contribution >= 0.6 is 0 Å². The summed E-state index contributed by atoms with van der Waals surface area (Å²) in [6.07, 6.45) is 8.73. The molecule has 3 heterocycles. The number of allylic oxidation sites excluding steroid dienone is 4. The Hall–Kier alpha value is -2.06. The van der Waals surface area contributed by atoms with Crippen molar-refractivity contribution in [2.75, 3.05) is 6.54 Å². The monoisotopic (exact) mass is 318 g/mol. The van der Waals surface area contributed by atoms with E-state index >= 15 is 0 Å². The Morgan fingerprint density at radius 1 is 1.42 bits per heavy atom. The van der Waals surface area contributed by atoms with Gasteiger partial charge < -0.3 is 9.88 Å². The van der Waals surface area contributed by atoms with Gasteiger partial charge in [-0.2, -0.15) is 0 Å². The van der Waals surface area contributed by atoms with Gasteiger partial charge in [0, 0.05) is 22.2 Å². The van der Waals surface area contributed by atoms with E-state index < -0.39 is 0 Å². The molecular weight excluding hydrogens is 292 g/mol. The van der Waals surface area contributed by atoms with Crippen LogP contribution in [0.3, 0.4) is 0 Å². The minimum absolute atomic E-state index is 0.130. The first-order valence-electron chi connectivity index (χ1n) is 8.99. The molecule has 24 heavy (non-hydrogen) atoms. The van der Waals surface area contributed by atoms with Gasteiger partial charge in [0.25, 0.3) is 0 Å². The quantitative estimate of drug-likeness (QED) is 0.767. The Kier molecular flexibility index (Phi) is 3.54. The van der Waals surface area contributed by atoms with Gasteiger partial charge >= 0.3 is 0 Å². The van der Waals surface area contributed by atoms with E-state index in [0.29, 0.717) is 6.04 Å². The predicted octanol–water partition coefficient (Wildman–Crippen LogP) is 5.23. The molecule has 2 nitrogen and oxygen atoms in total. The molecule has 2 aliphatic heterocycles. The Morgan fingerprint density at radius 3 is 2.96 bits per heavy atom. The van der Waals surface area contributed by atoms with Crippen LogP contribution in [0.15, 0.2) is 54.6 Å².